The molecule has 1 aromatic heterocycles. The Morgan fingerprint density at radius 3 is 2.22 bits per heavy atom. The fourth-order valence-corrected chi connectivity index (χ4v) is 4.06. The van der Waals surface area contributed by atoms with Gasteiger partial charge in [0.1, 0.15) is 0 Å². The van der Waals surface area contributed by atoms with E-state index in [0.29, 0.717) is 23.9 Å². The van der Waals surface area contributed by atoms with Crippen molar-refractivity contribution in [2.24, 2.45) is 5.92 Å². The molecule has 0 aliphatic carbocycles. The highest BCUT2D eigenvalue weighted by Crippen LogP contribution is 2.37. The summed E-state index contributed by atoms with van der Waals surface area (Å²) >= 11 is 0. The predicted octanol–water partition coefficient (Wildman–Crippen LogP) is 6.15. The molecule has 0 atom stereocenters. The number of benzene rings is 3. The Balaban J connectivity index is 1.68. The largest absolute Gasteiger partial charge is 0.407 e. The van der Waals surface area contributed by atoms with Crippen molar-refractivity contribution in [2.45, 2.75) is 40.5 Å². The molecule has 0 unspecified atom stereocenters. The molecule has 0 fully saturated rings. The van der Waals surface area contributed by atoms with Gasteiger partial charge in [-0.15, -0.1) is 0 Å². The van der Waals surface area contributed by atoms with Gasteiger partial charge in [0.25, 0.3) is 0 Å². The molecule has 36 heavy (non-hydrogen) atoms. The van der Waals surface area contributed by atoms with Crippen LogP contribution in [-0.4, -0.2) is 21.7 Å². The lowest BCUT2D eigenvalue weighted by atomic mass is 9.99. The molecular weight excluding hydrogens is 450 g/mol. The number of carbonyl (C=O) groups excluding carboxylic acids is 2. The molecule has 6 nitrogen and oxygen atoms in total. The van der Waals surface area contributed by atoms with Crippen LogP contribution in [0.3, 0.4) is 0 Å². The second kappa shape index (κ2) is 11.0. The normalized spacial score (nSPS) is 10.9. The first-order valence-corrected chi connectivity index (χ1v) is 12.1. The Hall–Kier alpha value is -4.19. The zero-order chi connectivity index (χ0) is 25.7. The Labute approximate surface area is 211 Å². The number of nitrogens with zero attached hydrogens (tertiary/aromatic N) is 2. The van der Waals surface area contributed by atoms with Crippen LogP contribution in [-0.2, 0) is 22.4 Å². The van der Waals surface area contributed by atoms with Crippen LogP contribution in [0.2, 0.25) is 0 Å². The van der Waals surface area contributed by atoms with Crippen LogP contribution >= 0.6 is 0 Å². The minimum Gasteiger partial charge on any atom is -0.407 e. The minimum atomic E-state index is -0.412. The van der Waals surface area contributed by atoms with Crippen LogP contribution in [0.1, 0.15) is 37.6 Å². The summed E-state index contributed by atoms with van der Waals surface area (Å²) in [6.07, 6.45) is 1.03. The van der Waals surface area contributed by atoms with E-state index in [1.807, 2.05) is 85.8 Å². The first-order valence-electron chi connectivity index (χ1n) is 12.1. The van der Waals surface area contributed by atoms with E-state index in [0.717, 1.165) is 40.1 Å². The molecule has 1 heterocycles. The molecule has 0 aliphatic heterocycles. The van der Waals surface area contributed by atoms with Crippen molar-refractivity contribution in [1.29, 1.82) is 0 Å². The Bertz CT molecular complexity index is 1340. The van der Waals surface area contributed by atoms with Crippen molar-refractivity contribution in [1.82, 2.24) is 9.78 Å². The van der Waals surface area contributed by atoms with E-state index in [4.69, 9.17) is 9.84 Å². The second-order valence-corrected chi connectivity index (χ2v) is 9.35. The number of aromatic nitrogens is 2. The van der Waals surface area contributed by atoms with Gasteiger partial charge < -0.3 is 10.1 Å². The zero-order valence-corrected chi connectivity index (χ0v) is 21.1. The Kier molecular flexibility index (Phi) is 7.64. The van der Waals surface area contributed by atoms with E-state index in [-0.39, 0.29) is 5.91 Å². The highest BCUT2D eigenvalue weighted by molar-refractivity contribution is 5.92. The van der Waals surface area contributed by atoms with Crippen molar-refractivity contribution in [3.63, 3.8) is 0 Å². The van der Waals surface area contributed by atoms with Gasteiger partial charge in [-0.2, -0.15) is 9.78 Å². The summed E-state index contributed by atoms with van der Waals surface area (Å²) in [6, 6.07) is 25.1. The molecule has 184 valence electrons. The molecule has 0 saturated heterocycles. The predicted molar refractivity (Wildman–Crippen MR) is 142 cm³/mol. The number of aryl methyl sites for hydroxylation is 1. The number of ether oxygens (including phenoxy) is 1. The van der Waals surface area contributed by atoms with Crippen LogP contribution in [0.5, 0.6) is 5.88 Å². The summed E-state index contributed by atoms with van der Waals surface area (Å²) in [4.78, 5) is 24.6. The third-order valence-corrected chi connectivity index (χ3v) is 5.70. The third kappa shape index (κ3) is 6.08. The first kappa shape index (κ1) is 24.9. The van der Waals surface area contributed by atoms with Gasteiger partial charge in [0, 0.05) is 12.6 Å². The molecule has 0 spiro atoms. The number of hydrogen-bond acceptors (Lipinski definition) is 4. The quantitative estimate of drug-likeness (QED) is 0.306. The smallest absolute Gasteiger partial charge is 0.309 e. The van der Waals surface area contributed by atoms with Gasteiger partial charge in [-0.25, -0.2) is 0 Å². The SMILES string of the molecule is CC(=O)Oc1c(-c2ccc(NC(=O)Cc3ccccc3)cc2)c(CC(C)C)nn1-c1ccc(C)cc1. The zero-order valence-electron chi connectivity index (χ0n) is 21.1. The van der Waals surface area contributed by atoms with Crippen molar-refractivity contribution >= 4 is 17.6 Å². The number of esters is 1. The standard InChI is InChI=1S/C30H31N3O3/c1-20(2)18-27-29(30(36-22(4)34)33(32-27)26-16-10-21(3)11-17-26)24-12-14-25(15-13-24)31-28(35)19-23-8-6-5-7-9-23/h5-17,20H,18-19H2,1-4H3,(H,31,35). The van der Waals surface area contributed by atoms with E-state index in [2.05, 4.69) is 19.2 Å². The van der Waals surface area contributed by atoms with E-state index in [1.54, 1.807) is 4.68 Å². The van der Waals surface area contributed by atoms with E-state index < -0.39 is 5.97 Å². The van der Waals surface area contributed by atoms with Gasteiger partial charge in [-0.1, -0.05) is 74.0 Å². The van der Waals surface area contributed by atoms with E-state index in [9.17, 15) is 9.59 Å². The molecule has 3 aromatic carbocycles. The Morgan fingerprint density at radius 1 is 0.944 bits per heavy atom. The molecule has 4 aromatic rings. The molecule has 0 saturated carbocycles. The molecule has 0 radical (unpaired) electrons. The maximum absolute atomic E-state index is 12.5. The highest BCUT2D eigenvalue weighted by Gasteiger charge is 2.24. The average Bonchev–Trinajstić information content (AvgIpc) is 3.17. The topological polar surface area (TPSA) is 73.2 Å². The van der Waals surface area contributed by atoms with Crippen molar-refractivity contribution in [3.05, 3.63) is 95.7 Å². The lowest BCUT2D eigenvalue weighted by molar-refractivity contribution is -0.132. The number of nitrogens with one attached hydrogen (secondary N) is 1. The van der Waals surface area contributed by atoms with Gasteiger partial charge in [0.05, 0.1) is 23.4 Å². The lowest BCUT2D eigenvalue weighted by Gasteiger charge is -2.11. The van der Waals surface area contributed by atoms with Crippen LogP contribution in [0.25, 0.3) is 16.8 Å². The van der Waals surface area contributed by atoms with E-state index >= 15 is 0 Å². The molecule has 0 aliphatic rings. The van der Waals surface area contributed by atoms with Crippen LogP contribution in [0, 0.1) is 12.8 Å². The molecule has 6 heteroatoms. The summed E-state index contributed by atoms with van der Waals surface area (Å²) in [7, 11) is 0. The second-order valence-electron chi connectivity index (χ2n) is 9.35. The number of amides is 1. The van der Waals surface area contributed by atoms with Crippen molar-refractivity contribution in [2.75, 3.05) is 5.32 Å². The molecule has 4 rings (SSSR count). The maximum atomic E-state index is 12.5. The van der Waals surface area contributed by atoms with E-state index in [1.165, 1.54) is 6.92 Å². The number of carbonyl (C=O) groups is 2. The molecule has 0 bridgehead atoms. The van der Waals surface area contributed by atoms with Gasteiger partial charge in [0.15, 0.2) is 0 Å². The minimum absolute atomic E-state index is 0.0813. The van der Waals surface area contributed by atoms with Crippen molar-refractivity contribution < 1.29 is 14.3 Å². The maximum Gasteiger partial charge on any atom is 0.309 e. The van der Waals surface area contributed by atoms with Gasteiger partial charge in [-0.3, -0.25) is 9.59 Å². The molecule has 1 N–H and O–H groups in total. The Morgan fingerprint density at radius 2 is 1.61 bits per heavy atom. The average molecular weight is 482 g/mol. The fourth-order valence-electron chi connectivity index (χ4n) is 4.06. The summed E-state index contributed by atoms with van der Waals surface area (Å²) < 4.78 is 7.43. The molecule has 1 amide bonds. The molecular formula is C30H31N3O3. The number of hydrogen-bond donors (Lipinski definition) is 1. The van der Waals surface area contributed by atoms with Crippen LogP contribution in [0.4, 0.5) is 5.69 Å². The summed E-state index contributed by atoms with van der Waals surface area (Å²) in [5.74, 6) is 0.252. The monoisotopic (exact) mass is 481 g/mol. The first-order chi connectivity index (χ1) is 17.3. The lowest BCUT2D eigenvalue weighted by Crippen LogP contribution is -2.14. The highest BCUT2D eigenvalue weighted by atomic mass is 16.5. The number of anilines is 1. The summed E-state index contributed by atoms with van der Waals surface area (Å²) in [5.41, 5.74) is 6.10. The number of rotatable bonds is 8. The van der Waals surface area contributed by atoms with Crippen LogP contribution in [0.15, 0.2) is 78.9 Å². The summed E-state index contributed by atoms with van der Waals surface area (Å²) in [5, 5.41) is 7.82. The van der Waals surface area contributed by atoms with Gasteiger partial charge in [0.2, 0.25) is 11.8 Å². The summed E-state index contributed by atoms with van der Waals surface area (Å²) in [6.45, 7) is 7.68. The van der Waals surface area contributed by atoms with Crippen LogP contribution < -0.4 is 10.1 Å². The van der Waals surface area contributed by atoms with Gasteiger partial charge in [-0.05, 0) is 54.7 Å². The fraction of sp³-hybridized carbons (Fsp3) is 0.233. The van der Waals surface area contributed by atoms with Crippen molar-refractivity contribution in [3.8, 4) is 22.7 Å². The third-order valence-electron chi connectivity index (χ3n) is 5.70. The van der Waals surface area contributed by atoms with Gasteiger partial charge >= 0.3 is 5.97 Å².